The van der Waals surface area contributed by atoms with E-state index in [0.29, 0.717) is 21.8 Å². The van der Waals surface area contributed by atoms with E-state index in [1.807, 2.05) is 0 Å². The van der Waals surface area contributed by atoms with Gasteiger partial charge in [0, 0.05) is 29.6 Å². The Bertz CT molecular complexity index is 952. The summed E-state index contributed by atoms with van der Waals surface area (Å²) >= 11 is 12.4. The van der Waals surface area contributed by atoms with E-state index in [0.717, 1.165) is 4.90 Å². The molecule has 3 rings (SSSR count). The standard InChI is InChI=1S/C17H10Cl2N2O4/c1-9(22)20-14-8-11(18)4-7-13(14)15(17(20)23)16(19)10-2-5-12(6-3-10)21(24)25/h2-8H,1H3. The number of non-ortho nitro benzene ring substituents is 1. The van der Waals surface area contributed by atoms with Gasteiger partial charge < -0.3 is 0 Å². The van der Waals surface area contributed by atoms with Crippen LogP contribution in [0.2, 0.25) is 5.02 Å². The number of benzene rings is 2. The highest BCUT2D eigenvalue weighted by Gasteiger charge is 2.37. The smallest absolute Gasteiger partial charge is 0.269 e. The number of carbonyl (C=O) groups is 2. The number of fused-ring (bicyclic) bond motifs is 1. The molecule has 8 heteroatoms. The van der Waals surface area contributed by atoms with Gasteiger partial charge in [-0.25, -0.2) is 4.90 Å². The number of halogens is 2. The molecule has 2 amide bonds. The summed E-state index contributed by atoms with van der Waals surface area (Å²) in [6.45, 7) is 1.27. The first-order valence-corrected chi connectivity index (χ1v) is 7.86. The van der Waals surface area contributed by atoms with Gasteiger partial charge in [-0.2, -0.15) is 0 Å². The minimum absolute atomic E-state index is 0.0893. The van der Waals surface area contributed by atoms with Crippen molar-refractivity contribution in [3.05, 3.63) is 68.7 Å². The van der Waals surface area contributed by atoms with Gasteiger partial charge in [0.25, 0.3) is 11.6 Å². The fourth-order valence-corrected chi connectivity index (χ4v) is 3.11. The summed E-state index contributed by atoms with van der Waals surface area (Å²) in [5, 5.41) is 11.2. The molecule has 25 heavy (non-hydrogen) atoms. The maximum atomic E-state index is 12.7. The summed E-state index contributed by atoms with van der Waals surface area (Å²) in [5.41, 5.74) is 1.33. The van der Waals surface area contributed by atoms with Crippen LogP contribution in [-0.4, -0.2) is 16.7 Å². The third-order valence-corrected chi connectivity index (χ3v) is 4.40. The molecular formula is C17H10Cl2N2O4. The lowest BCUT2D eigenvalue weighted by atomic mass is 10.0. The second-order valence-corrected chi connectivity index (χ2v) is 6.13. The van der Waals surface area contributed by atoms with Crippen molar-refractivity contribution >= 4 is 57.0 Å². The fourth-order valence-electron chi connectivity index (χ4n) is 2.64. The van der Waals surface area contributed by atoms with Crippen molar-refractivity contribution in [2.45, 2.75) is 6.92 Å². The number of hydrogen-bond acceptors (Lipinski definition) is 4. The number of nitro groups is 1. The molecule has 1 heterocycles. The van der Waals surface area contributed by atoms with Gasteiger partial charge in [0.1, 0.15) is 0 Å². The molecule has 0 atom stereocenters. The molecule has 0 fully saturated rings. The summed E-state index contributed by atoms with van der Waals surface area (Å²) < 4.78 is 0. The van der Waals surface area contributed by atoms with Crippen LogP contribution in [0.3, 0.4) is 0 Å². The highest BCUT2D eigenvalue weighted by Crippen LogP contribution is 2.43. The van der Waals surface area contributed by atoms with Crippen LogP contribution < -0.4 is 4.90 Å². The van der Waals surface area contributed by atoms with Gasteiger partial charge in [-0.15, -0.1) is 0 Å². The predicted octanol–water partition coefficient (Wildman–Crippen LogP) is 4.25. The first kappa shape index (κ1) is 17.1. The number of rotatable bonds is 2. The van der Waals surface area contributed by atoms with Crippen LogP contribution in [0, 0.1) is 10.1 Å². The van der Waals surface area contributed by atoms with E-state index in [1.165, 1.54) is 37.3 Å². The van der Waals surface area contributed by atoms with Crippen molar-refractivity contribution in [1.29, 1.82) is 0 Å². The van der Waals surface area contributed by atoms with E-state index in [1.54, 1.807) is 12.1 Å². The van der Waals surface area contributed by atoms with Crippen molar-refractivity contribution in [2.24, 2.45) is 0 Å². The number of hydrogen-bond donors (Lipinski definition) is 0. The molecule has 0 N–H and O–H groups in total. The molecule has 2 aromatic rings. The van der Waals surface area contributed by atoms with E-state index in [4.69, 9.17) is 23.2 Å². The molecule has 1 aliphatic heterocycles. The average molecular weight is 377 g/mol. The monoisotopic (exact) mass is 376 g/mol. The third-order valence-electron chi connectivity index (χ3n) is 3.75. The van der Waals surface area contributed by atoms with Gasteiger partial charge in [-0.3, -0.25) is 19.7 Å². The second-order valence-electron chi connectivity index (χ2n) is 5.31. The molecule has 0 aliphatic carbocycles. The lowest BCUT2D eigenvalue weighted by Crippen LogP contribution is -2.31. The van der Waals surface area contributed by atoms with E-state index in [-0.39, 0.29) is 16.3 Å². The zero-order valence-corrected chi connectivity index (χ0v) is 14.3. The lowest BCUT2D eigenvalue weighted by Gasteiger charge is -2.12. The van der Waals surface area contributed by atoms with Crippen LogP contribution in [0.15, 0.2) is 42.5 Å². The molecular weight excluding hydrogens is 367 g/mol. The van der Waals surface area contributed by atoms with Crippen LogP contribution in [-0.2, 0) is 9.59 Å². The van der Waals surface area contributed by atoms with Crippen LogP contribution in [0.5, 0.6) is 0 Å². The fraction of sp³-hybridized carbons (Fsp3) is 0.0588. The van der Waals surface area contributed by atoms with E-state index >= 15 is 0 Å². The maximum absolute atomic E-state index is 12.7. The molecule has 1 aliphatic rings. The molecule has 6 nitrogen and oxygen atoms in total. The second kappa shape index (κ2) is 6.31. The highest BCUT2D eigenvalue weighted by atomic mass is 35.5. The van der Waals surface area contributed by atoms with Gasteiger partial charge in [0.2, 0.25) is 5.91 Å². The van der Waals surface area contributed by atoms with Gasteiger partial charge >= 0.3 is 0 Å². The molecule has 0 unspecified atom stereocenters. The minimum atomic E-state index is -0.562. The van der Waals surface area contributed by atoms with Crippen molar-refractivity contribution < 1.29 is 14.5 Å². The van der Waals surface area contributed by atoms with E-state index < -0.39 is 16.7 Å². The quantitative estimate of drug-likeness (QED) is 0.445. The average Bonchev–Trinajstić information content (AvgIpc) is 2.85. The van der Waals surface area contributed by atoms with E-state index in [2.05, 4.69) is 0 Å². The highest BCUT2D eigenvalue weighted by molar-refractivity contribution is 6.60. The summed E-state index contributed by atoms with van der Waals surface area (Å²) in [6.07, 6.45) is 0. The number of carbonyl (C=O) groups excluding carboxylic acids is 2. The van der Waals surface area contributed by atoms with Crippen molar-refractivity contribution in [3.63, 3.8) is 0 Å². The Morgan fingerprint density at radius 1 is 1.16 bits per heavy atom. The SMILES string of the molecule is CC(=O)N1C(=O)C(=C(Cl)c2ccc([N+](=O)[O-])cc2)c2ccc(Cl)cc21. The number of nitro benzene ring substituents is 1. The molecule has 0 spiro atoms. The Kier molecular flexibility index (Phi) is 4.32. The van der Waals surface area contributed by atoms with Crippen molar-refractivity contribution in [2.75, 3.05) is 4.90 Å². The molecule has 0 saturated carbocycles. The van der Waals surface area contributed by atoms with Crippen LogP contribution in [0.25, 0.3) is 10.6 Å². The number of anilines is 1. The molecule has 0 radical (unpaired) electrons. The third kappa shape index (κ3) is 2.90. The predicted molar refractivity (Wildman–Crippen MR) is 95.4 cm³/mol. The van der Waals surface area contributed by atoms with E-state index in [9.17, 15) is 19.7 Å². The Hall–Kier alpha value is -2.70. The molecule has 0 saturated heterocycles. The maximum Gasteiger partial charge on any atom is 0.269 e. The number of nitrogens with zero attached hydrogens (tertiary/aromatic N) is 2. The van der Waals surface area contributed by atoms with Gasteiger partial charge in [0.15, 0.2) is 0 Å². The molecule has 126 valence electrons. The lowest BCUT2D eigenvalue weighted by molar-refractivity contribution is -0.384. The Balaban J connectivity index is 2.18. The van der Waals surface area contributed by atoms with Crippen LogP contribution >= 0.6 is 23.2 Å². The van der Waals surface area contributed by atoms with Crippen molar-refractivity contribution in [3.8, 4) is 0 Å². The van der Waals surface area contributed by atoms with Gasteiger partial charge in [0.05, 0.1) is 21.2 Å². The summed E-state index contributed by atoms with van der Waals surface area (Å²) in [4.78, 5) is 35.8. The first-order chi connectivity index (χ1) is 11.8. The summed E-state index contributed by atoms with van der Waals surface area (Å²) in [6, 6.07) is 10.2. The minimum Gasteiger partial charge on any atom is -0.274 e. The van der Waals surface area contributed by atoms with Gasteiger partial charge in [-0.05, 0) is 29.8 Å². The first-order valence-electron chi connectivity index (χ1n) is 7.11. The zero-order valence-electron chi connectivity index (χ0n) is 12.8. The molecule has 2 aromatic carbocycles. The van der Waals surface area contributed by atoms with Crippen LogP contribution in [0.4, 0.5) is 11.4 Å². The summed E-state index contributed by atoms with van der Waals surface area (Å²) in [5.74, 6) is -1.02. The topological polar surface area (TPSA) is 80.5 Å². The summed E-state index contributed by atoms with van der Waals surface area (Å²) in [7, 11) is 0. The zero-order chi connectivity index (χ0) is 18.3. The number of imide groups is 1. The Morgan fingerprint density at radius 3 is 2.36 bits per heavy atom. The Morgan fingerprint density at radius 2 is 1.80 bits per heavy atom. The number of amides is 2. The largest absolute Gasteiger partial charge is 0.274 e. The molecule has 0 aromatic heterocycles. The van der Waals surface area contributed by atoms with Crippen LogP contribution in [0.1, 0.15) is 18.1 Å². The molecule has 0 bridgehead atoms. The van der Waals surface area contributed by atoms with Crippen molar-refractivity contribution in [1.82, 2.24) is 0 Å². The Labute approximate surface area is 152 Å². The van der Waals surface area contributed by atoms with Gasteiger partial charge in [-0.1, -0.05) is 29.3 Å². The normalized spacial score (nSPS) is 15.2.